The molecule has 0 atom stereocenters. The molecule has 4 aromatic rings. The molecule has 0 aliphatic rings. The van der Waals surface area contributed by atoms with Crippen molar-refractivity contribution < 1.29 is 0 Å². The highest BCUT2D eigenvalue weighted by molar-refractivity contribution is 7.98. The maximum atomic E-state index is 9.96. The van der Waals surface area contributed by atoms with Gasteiger partial charge in [0, 0.05) is 26.9 Å². The van der Waals surface area contributed by atoms with E-state index in [0.717, 1.165) is 27.9 Å². The summed E-state index contributed by atoms with van der Waals surface area (Å²) in [4.78, 5) is 4.84. The lowest BCUT2D eigenvalue weighted by atomic mass is 9.99. The van der Waals surface area contributed by atoms with Crippen molar-refractivity contribution in [2.75, 3.05) is 0 Å². The topological polar surface area (TPSA) is 36.7 Å². The molecule has 4 rings (SSSR count). The van der Waals surface area contributed by atoms with Crippen LogP contribution in [0.4, 0.5) is 0 Å². The lowest BCUT2D eigenvalue weighted by Crippen LogP contribution is -1.96. The van der Waals surface area contributed by atoms with Crippen LogP contribution in [0.5, 0.6) is 0 Å². The van der Waals surface area contributed by atoms with Crippen molar-refractivity contribution in [3.63, 3.8) is 0 Å². The van der Waals surface area contributed by atoms with Gasteiger partial charge in [0.2, 0.25) is 0 Å². The summed E-state index contributed by atoms with van der Waals surface area (Å²) in [5.74, 6) is 0.692. The minimum Gasteiger partial charge on any atom is -0.240 e. The van der Waals surface area contributed by atoms with Gasteiger partial charge in [0.25, 0.3) is 0 Å². The first-order valence-corrected chi connectivity index (χ1v) is 11.0. The lowest BCUT2D eigenvalue weighted by molar-refractivity contribution is 1.12. The Kier molecular flexibility index (Phi) is 6.40. The fraction of sp³-hybridized carbons (Fsp3) is 0.0400. The summed E-state index contributed by atoms with van der Waals surface area (Å²) in [6, 6.07) is 29.6. The number of nitriles is 1. The van der Waals surface area contributed by atoms with Gasteiger partial charge in [-0.25, -0.2) is 4.98 Å². The molecule has 0 amide bonds. The molecule has 0 aliphatic carbocycles. The summed E-state index contributed by atoms with van der Waals surface area (Å²) in [6.07, 6.45) is 0. The van der Waals surface area contributed by atoms with Crippen LogP contribution in [0.25, 0.3) is 22.4 Å². The van der Waals surface area contributed by atoms with Crippen molar-refractivity contribution in [3.05, 3.63) is 106 Å². The summed E-state index contributed by atoms with van der Waals surface area (Å²) < 4.78 is 0. The summed E-state index contributed by atoms with van der Waals surface area (Å²) >= 11 is 13.6. The van der Waals surface area contributed by atoms with Gasteiger partial charge in [-0.3, -0.25) is 0 Å². The van der Waals surface area contributed by atoms with E-state index in [1.54, 1.807) is 11.8 Å². The largest absolute Gasteiger partial charge is 0.240 e. The Balaban J connectivity index is 1.80. The van der Waals surface area contributed by atoms with Crippen LogP contribution in [-0.4, -0.2) is 4.98 Å². The Bertz CT molecular complexity index is 1200. The molecule has 0 N–H and O–H groups in total. The third kappa shape index (κ3) is 4.68. The van der Waals surface area contributed by atoms with Gasteiger partial charge in [-0.15, -0.1) is 11.8 Å². The molecule has 0 saturated carbocycles. The second kappa shape index (κ2) is 9.36. The highest BCUT2D eigenvalue weighted by atomic mass is 35.5. The minimum absolute atomic E-state index is 0.566. The number of hydrogen-bond acceptors (Lipinski definition) is 3. The van der Waals surface area contributed by atoms with E-state index in [9.17, 15) is 5.26 Å². The molecule has 0 unspecified atom stereocenters. The molecule has 5 heteroatoms. The van der Waals surface area contributed by atoms with Crippen molar-refractivity contribution in [2.24, 2.45) is 0 Å². The van der Waals surface area contributed by atoms with Gasteiger partial charge in [-0.05, 0) is 41.5 Å². The smallest absolute Gasteiger partial charge is 0.115 e. The van der Waals surface area contributed by atoms with Crippen LogP contribution in [0.2, 0.25) is 10.0 Å². The van der Waals surface area contributed by atoms with Gasteiger partial charge in [0.1, 0.15) is 11.1 Å². The zero-order chi connectivity index (χ0) is 20.9. The highest BCUT2D eigenvalue weighted by Gasteiger charge is 2.16. The van der Waals surface area contributed by atoms with Crippen LogP contribution >= 0.6 is 35.0 Å². The van der Waals surface area contributed by atoms with Gasteiger partial charge in [0.05, 0.1) is 11.3 Å². The van der Waals surface area contributed by atoms with Gasteiger partial charge in [0.15, 0.2) is 0 Å². The molecule has 0 aliphatic heterocycles. The van der Waals surface area contributed by atoms with E-state index in [1.807, 2.05) is 84.9 Å². The molecule has 30 heavy (non-hydrogen) atoms. The first kappa shape index (κ1) is 20.5. The SMILES string of the molecule is N#Cc1c(-c2ccc(Cl)cc2)cc(-c2ccccc2)nc1SCc1ccc(Cl)cc1. The van der Waals surface area contributed by atoms with E-state index in [0.29, 0.717) is 26.4 Å². The maximum absolute atomic E-state index is 9.96. The first-order valence-electron chi connectivity index (χ1n) is 9.28. The van der Waals surface area contributed by atoms with Crippen LogP contribution in [-0.2, 0) is 5.75 Å². The van der Waals surface area contributed by atoms with Crippen molar-refractivity contribution in [3.8, 4) is 28.5 Å². The second-order valence-corrected chi connectivity index (χ2v) is 8.47. The molecule has 0 bridgehead atoms. The summed E-state index contributed by atoms with van der Waals surface area (Å²) in [7, 11) is 0. The van der Waals surface area contributed by atoms with E-state index in [4.69, 9.17) is 28.2 Å². The van der Waals surface area contributed by atoms with Crippen molar-refractivity contribution in [1.29, 1.82) is 5.26 Å². The van der Waals surface area contributed by atoms with Gasteiger partial charge >= 0.3 is 0 Å². The number of nitrogens with zero attached hydrogens (tertiary/aromatic N) is 2. The zero-order valence-corrected chi connectivity index (χ0v) is 18.2. The molecule has 146 valence electrons. The number of rotatable bonds is 5. The van der Waals surface area contributed by atoms with Crippen LogP contribution in [0.3, 0.4) is 0 Å². The molecule has 0 fully saturated rings. The van der Waals surface area contributed by atoms with E-state index in [-0.39, 0.29) is 0 Å². The van der Waals surface area contributed by atoms with Crippen molar-refractivity contribution in [2.45, 2.75) is 10.8 Å². The zero-order valence-electron chi connectivity index (χ0n) is 15.8. The third-order valence-electron chi connectivity index (χ3n) is 4.61. The summed E-state index contributed by atoms with van der Waals surface area (Å²) in [6.45, 7) is 0. The molecular formula is C25H16Cl2N2S. The standard InChI is InChI=1S/C25H16Cl2N2S/c26-20-10-6-17(7-11-20)16-30-25-23(15-28)22(18-8-12-21(27)13-9-18)14-24(29-25)19-4-2-1-3-5-19/h1-14H,16H2. The Labute approximate surface area is 190 Å². The van der Waals surface area contributed by atoms with Crippen LogP contribution in [0, 0.1) is 11.3 Å². The van der Waals surface area contributed by atoms with Crippen LogP contribution in [0.15, 0.2) is 90.0 Å². The first-order chi connectivity index (χ1) is 14.6. The molecule has 0 radical (unpaired) electrons. The lowest BCUT2D eigenvalue weighted by Gasteiger charge is -2.13. The Morgan fingerprint density at radius 1 is 0.800 bits per heavy atom. The quantitative estimate of drug-likeness (QED) is 0.292. The predicted octanol–water partition coefficient (Wildman–Crippen LogP) is 7.89. The van der Waals surface area contributed by atoms with Gasteiger partial charge in [-0.2, -0.15) is 5.26 Å². The van der Waals surface area contributed by atoms with Crippen LogP contribution in [0.1, 0.15) is 11.1 Å². The normalized spacial score (nSPS) is 10.6. The molecule has 3 aromatic carbocycles. The Hall–Kier alpha value is -2.77. The highest BCUT2D eigenvalue weighted by Crippen LogP contribution is 2.35. The third-order valence-corrected chi connectivity index (χ3v) is 6.16. The molecule has 1 aromatic heterocycles. The predicted molar refractivity (Wildman–Crippen MR) is 126 cm³/mol. The van der Waals surface area contributed by atoms with E-state index < -0.39 is 0 Å². The Morgan fingerprint density at radius 3 is 2.07 bits per heavy atom. The number of halogens is 2. The van der Waals surface area contributed by atoms with Crippen LogP contribution < -0.4 is 0 Å². The molecule has 1 heterocycles. The number of pyridine rings is 1. The summed E-state index contributed by atoms with van der Waals surface area (Å²) in [5, 5.41) is 12.0. The average Bonchev–Trinajstić information content (AvgIpc) is 2.79. The monoisotopic (exact) mass is 446 g/mol. The number of aromatic nitrogens is 1. The second-order valence-electron chi connectivity index (χ2n) is 6.64. The number of hydrogen-bond donors (Lipinski definition) is 0. The molecule has 2 nitrogen and oxygen atoms in total. The van der Waals surface area contributed by atoms with Gasteiger partial charge < -0.3 is 0 Å². The Morgan fingerprint density at radius 2 is 1.43 bits per heavy atom. The molecular weight excluding hydrogens is 431 g/mol. The van der Waals surface area contributed by atoms with Crippen molar-refractivity contribution in [1.82, 2.24) is 4.98 Å². The minimum atomic E-state index is 0.566. The molecule has 0 saturated heterocycles. The summed E-state index contributed by atoms with van der Waals surface area (Å²) in [5.41, 5.74) is 5.30. The fourth-order valence-corrected chi connectivity index (χ4v) is 4.29. The fourth-order valence-electron chi connectivity index (χ4n) is 3.08. The van der Waals surface area contributed by atoms with E-state index in [1.165, 1.54) is 0 Å². The van der Waals surface area contributed by atoms with Gasteiger partial charge in [-0.1, -0.05) is 77.8 Å². The molecule has 0 spiro atoms. The number of thioether (sulfide) groups is 1. The van der Waals surface area contributed by atoms with E-state index >= 15 is 0 Å². The average molecular weight is 447 g/mol. The number of benzene rings is 3. The van der Waals surface area contributed by atoms with Crippen molar-refractivity contribution >= 4 is 35.0 Å². The van der Waals surface area contributed by atoms with E-state index in [2.05, 4.69) is 6.07 Å². The maximum Gasteiger partial charge on any atom is 0.115 e.